The largest absolute Gasteiger partial charge is 0.439 e. The topological polar surface area (TPSA) is 111 Å². The number of sulfonamides is 1. The molecule has 3 rings (SSSR count). The first kappa shape index (κ1) is 19.5. The van der Waals surface area contributed by atoms with E-state index in [4.69, 9.17) is 10.5 Å². The smallest absolute Gasteiger partial charge is 0.248 e. The van der Waals surface area contributed by atoms with Crippen molar-refractivity contribution in [3.05, 3.63) is 83.8 Å². The summed E-state index contributed by atoms with van der Waals surface area (Å²) in [7, 11) is -3.78. The number of carbonyl (C=O) groups is 1. The molecule has 7 nitrogen and oxygen atoms in total. The molecule has 3 N–H and O–H groups in total. The van der Waals surface area contributed by atoms with Gasteiger partial charge < -0.3 is 10.5 Å². The molecule has 0 atom stereocenters. The van der Waals surface area contributed by atoms with Gasteiger partial charge in [-0.3, -0.25) is 4.79 Å². The van der Waals surface area contributed by atoms with Gasteiger partial charge in [-0.2, -0.15) is 0 Å². The zero-order valence-electron chi connectivity index (χ0n) is 14.5. The molecule has 0 spiro atoms. The van der Waals surface area contributed by atoms with Gasteiger partial charge in [-0.25, -0.2) is 22.5 Å². The predicted octanol–water partition coefficient (Wildman–Crippen LogP) is 2.59. The second-order valence-electron chi connectivity index (χ2n) is 5.77. The third-order valence-electron chi connectivity index (χ3n) is 3.75. The molecule has 1 aromatic heterocycles. The van der Waals surface area contributed by atoms with E-state index in [1.54, 1.807) is 12.1 Å². The minimum absolute atomic E-state index is 0.00218. The fourth-order valence-electron chi connectivity index (χ4n) is 2.30. The number of rotatable bonds is 7. The van der Waals surface area contributed by atoms with Gasteiger partial charge in [0.05, 0.1) is 4.90 Å². The molecule has 3 aromatic rings. The van der Waals surface area contributed by atoms with Crippen molar-refractivity contribution >= 4 is 15.9 Å². The molecular weight excluding hydrogens is 385 g/mol. The summed E-state index contributed by atoms with van der Waals surface area (Å²) >= 11 is 0. The molecule has 144 valence electrons. The Morgan fingerprint density at radius 2 is 1.75 bits per heavy atom. The lowest BCUT2D eigenvalue weighted by Crippen LogP contribution is -2.23. The van der Waals surface area contributed by atoms with Crippen LogP contribution in [0.4, 0.5) is 4.39 Å². The maximum atomic E-state index is 12.9. The Balaban J connectivity index is 1.68. The van der Waals surface area contributed by atoms with E-state index in [0.717, 1.165) is 0 Å². The van der Waals surface area contributed by atoms with Crippen molar-refractivity contribution < 1.29 is 22.3 Å². The summed E-state index contributed by atoms with van der Waals surface area (Å²) in [6.07, 6.45) is 1.48. The van der Waals surface area contributed by atoms with Gasteiger partial charge in [-0.1, -0.05) is 0 Å². The van der Waals surface area contributed by atoms with Crippen LogP contribution in [0, 0.1) is 5.82 Å². The number of halogens is 1. The molecule has 0 aliphatic heterocycles. The number of benzene rings is 2. The number of amides is 1. The van der Waals surface area contributed by atoms with Gasteiger partial charge in [-0.05, 0) is 60.2 Å². The highest BCUT2D eigenvalue weighted by atomic mass is 32.2. The van der Waals surface area contributed by atoms with Gasteiger partial charge >= 0.3 is 0 Å². The van der Waals surface area contributed by atoms with Crippen molar-refractivity contribution in [1.29, 1.82) is 0 Å². The van der Waals surface area contributed by atoms with Gasteiger partial charge in [-0.15, -0.1) is 0 Å². The maximum absolute atomic E-state index is 12.9. The summed E-state index contributed by atoms with van der Waals surface area (Å²) in [5.41, 5.74) is 5.98. The Bertz CT molecular complexity index is 1080. The summed E-state index contributed by atoms with van der Waals surface area (Å²) in [6, 6.07) is 13.9. The molecule has 0 aliphatic carbocycles. The van der Waals surface area contributed by atoms with E-state index in [0.29, 0.717) is 11.3 Å². The lowest BCUT2D eigenvalue weighted by molar-refractivity contribution is 0.1000. The number of nitrogens with zero attached hydrogens (tertiary/aromatic N) is 1. The van der Waals surface area contributed by atoms with Crippen LogP contribution in [0.1, 0.15) is 15.9 Å². The highest BCUT2D eigenvalue weighted by molar-refractivity contribution is 7.89. The van der Waals surface area contributed by atoms with Crippen LogP contribution in [0.15, 0.2) is 71.8 Å². The quantitative estimate of drug-likeness (QED) is 0.632. The molecule has 0 radical (unpaired) electrons. The number of nitrogens with two attached hydrogens (primary N) is 1. The first-order valence-electron chi connectivity index (χ1n) is 8.11. The van der Waals surface area contributed by atoms with E-state index in [2.05, 4.69) is 9.71 Å². The van der Waals surface area contributed by atoms with Crippen LogP contribution in [0.5, 0.6) is 11.6 Å². The van der Waals surface area contributed by atoms with Crippen molar-refractivity contribution in [2.75, 3.05) is 0 Å². The van der Waals surface area contributed by atoms with E-state index >= 15 is 0 Å². The zero-order chi connectivity index (χ0) is 20.1. The number of ether oxygens (including phenoxy) is 1. The van der Waals surface area contributed by atoms with E-state index < -0.39 is 15.9 Å². The molecule has 9 heteroatoms. The summed E-state index contributed by atoms with van der Waals surface area (Å²) < 4.78 is 45.7. The first-order valence-corrected chi connectivity index (χ1v) is 9.60. The Morgan fingerprint density at radius 1 is 1.07 bits per heavy atom. The minimum Gasteiger partial charge on any atom is -0.439 e. The highest BCUT2D eigenvalue weighted by Gasteiger charge is 2.14. The molecule has 0 saturated carbocycles. The average Bonchev–Trinajstić information content (AvgIpc) is 2.69. The number of aromatic nitrogens is 1. The summed E-state index contributed by atoms with van der Waals surface area (Å²) in [6.45, 7) is 0.00218. The van der Waals surface area contributed by atoms with Gasteiger partial charge in [0.25, 0.3) is 0 Å². The number of hydrogen-bond donors (Lipinski definition) is 2. The molecule has 0 unspecified atom stereocenters. The van der Waals surface area contributed by atoms with Crippen molar-refractivity contribution in [1.82, 2.24) is 9.71 Å². The lowest BCUT2D eigenvalue weighted by Gasteiger charge is -2.09. The lowest BCUT2D eigenvalue weighted by atomic mass is 10.2. The Labute approximate surface area is 161 Å². The van der Waals surface area contributed by atoms with Crippen molar-refractivity contribution in [3.8, 4) is 11.6 Å². The fraction of sp³-hybridized carbons (Fsp3) is 0.0526. The van der Waals surface area contributed by atoms with Crippen molar-refractivity contribution in [2.45, 2.75) is 11.4 Å². The third-order valence-corrected chi connectivity index (χ3v) is 5.17. The molecule has 0 aliphatic rings. The van der Waals surface area contributed by atoms with Crippen LogP contribution >= 0.6 is 0 Å². The standard InChI is InChI=1S/C19H16FN3O4S/c20-15-3-5-16(6-4-15)27-18-11-13(9-10-22-18)12-23-28(25,26)17-7-1-14(2-8-17)19(21)24/h1-11,23H,12H2,(H2,21,24). The highest BCUT2D eigenvalue weighted by Crippen LogP contribution is 2.20. The summed E-state index contributed by atoms with van der Waals surface area (Å²) in [5, 5.41) is 0. The molecule has 1 heterocycles. The number of pyridine rings is 1. The maximum Gasteiger partial charge on any atom is 0.248 e. The number of carbonyl (C=O) groups excluding carboxylic acids is 1. The van der Waals surface area contributed by atoms with Crippen LogP contribution in [0.25, 0.3) is 0 Å². The Morgan fingerprint density at radius 3 is 2.39 bits per heavy atom. The van der Waals surface area contributed by atoms with Crippen LogP contribution < -0.4 is 15.2 Å². The van der Waals surface area contributed by atoms with E-state index in [1.165, 1.54) is 54.7 Å². The van der Waals surface area contributed by atoms with Gasteiger partial charge in [0.15, 0.2) is 0 Å². The van der Waals surface area contributed by atoms with E-state index in [-0.39, 0.29) is 28.7 Å². The van der Waals surface area contributed by atoms with E-state index in [9.17, 15) is 17.6 Å². The van der Waals surface area contributed by atoms with Crippen LogP contribution in [0.2, 0.25) is 0 Å². The summed E-state index contributed by atoms with van der Waals surface area (Å²) in [5.74, 6) is -0.370. The fourth-order valence-corrected chi connectivity index (χ4v) is 3.32. The number of hydrogen-bond acceptors (Lipinski definition) is 5. The zero-order valence-corrected chi connectivity index (χ0v) is 15.3. The molecular formula is C19H16FN3O4S. The first-order chi connectivity index (χ1) is 13.3. The van der Waals surface area contributed by atoms with Crippen LogP contribution in [0.3, 0.4) is 0 Å². The monoisotopic (exact) mass is 401 g/mol. The second-order valence-corrected chi connectivity index (χ2v) is 7.54. The molecule has 0 saturated heterocycles. The minimum atomic E-state index is -3.78. The normalized spacial score (nSPS) is 11.2. The molecule has 28 heavy (non-hydrogen) atoms. The molecule has 0 fully saturated rings. The Hall–Kier alpha value is -3.30. The van der Waals surface area contributed by atoms with Crippen LogP contribution in [-0.2, 0) is 16.6 Å². The van der Waals surface area contributed by atoms with Crippen molar-refractivity contribution in [3.63, 3.8) is 0 Å². The number of primary amides is 1. The van der Waals surface area contributed by atoms with Crippen LogP contribution in [-0.4, -0.2) is 19.3 Å². The van der Waals surface area contributed by atoms with E-state index in [1.807, 2.05) is 0 Å². The molecule has 1 amide bonds. The molecule has 0 bridgehead atoms. The van der Waals surface area contributed by atoms with Gasteiger partial charge in [0.1, 0.15) is 11.6 Å². The number of nitrogens with one attached hydrogen (secondary N) is 1. The summed E-state index contributed by atoms with van der Waals surface area (Å²) in [4.78, 5) is 15.1. The SMILES string of the molecule is NC(=O)c1ccc(S(=O)(=O)NCc2ccnc(Oc3ccc(F)cc3)c2)cc1. The average molecular weight is 401 g/mol. The predicted molar refractivity (Wildman–Crippen MR) is 99.7 cm³/mol. The molecule has 2 aromatic carbocycles. The van der Waals surface area contributed by atoms with Gasteiger partial charge in [0, 0.05) is 24.4 Å². The Kier molecular flexibility index (Phi) is 5.67. The van der Waals surface area contributed by atoms with Gasteiger partial charge in [0.2, 0.25) is 21.8 Å². The second kappa shape index (κ2) is 8.15. The van der Waals surface area contributed by atoms with Crippen molar-refractivity contribution in [2.24, 2.45) is 5.73 Å². The third kappa shape index (κ3) is 4.90.